The molecule has 2 aliphatic rings. The fourth-order valence-corrected chi connectivity index (χ4v) is 4.84. The zero-order valence-electron chi connectivity index (χ0n) is 17.0. The molecule has 2 aromatic rings. The van der Waals surface area contributed by atoms with Gasteiger partial charge in [-0.3, -0.25) is 9.59 Å². The number of hydrogen-bond acceptors (Lipinski definition) is 3. The van der Waals surface area contributed by atoms with Crippen LogP contribution in [0.15, 0.2) is 54.6 Å². The van der Waals surface area contributed by atoms with Crippen LogP contribution in [0.4, 0.5) is 4.39 Å². The number of hydrogen-bond donors (Lipinski definition) is 1. The van der Waals surface area contributed by atoms with Crippen LogP contribution in [-0.4, -0.2) is 59.0 Å². The molecule has 6 heteroatoms. The van der Waals surface area contributed by atoms with Crippen LogP contribution < -0.4 is 0 Å². The van der Waals surface area contributed by atoms with Crippen molar-refractivity contribution in [3.63, 3.8) is 0 Å². The van der Waals surface area contributed by atoms with Crippen molar-refractivity contribution in [3.05, 3.63) is 71.5 Å². The average Bonchev–Trinajstić information content (AvgIpc) is 3.12. The van der Waals surface area contributed by atoms with Gasteiger partial charge in [0.05, 0.1) is 19.1 Å². The summed E-state index contributed by atoms with van der Waals surface area (Å²) < 4.78 is 13.4. The second kappa shape index (κ2) is 8.56. The minimum atomic E-state index is -0.331. The number of nitrogens with zero attached hydrogens (tertiary/aromatic N) is 2. The van der Waals surface area contributed by atoms with E-state index in [1.807, 2.05) is 23.1 Å². The minimum absolute atomic E-state index is 0.00405. The molecule has 2 heterocycles. The SMILES string of the molecule is O=C(Cc1cccc(F)c1)N1CCC2(CC1)C[C@H](CO)N(C(=O)c1ccccc1)C2. The highest BCUT2D eigenvalue weighted by molar-refractivity contribution is 5.94. The first-order valence-corrected chi connectivity index (χ1v) is 10.5. The third-order valence-electron chi connectivity index (χ3n) is 6.53. The first kappa shape index (κ1) is 20.5. The van der Waals surface area contributed by atoms with Gasteiger partial charge in [-0.15, -0.1) is 0 Å². The second-order valence-corrected chi connectivity index (χ2v) is 8.53. The van der Waals surface area contributed by atoms with Crippen molar-refractivity contribution < 1.29 is 19.1 Å². The number of likely N-dealkylation sites (tertiary alicyclic amines) is 2. The number of aliphatic hydroxyl groups is 1. The lowest BCUT2D eigenvalue weighted by molar-refractivity contribution is -0.132. The Morgan fingerprint density at radius 2 is 1.80 bits per heavy atom. The third kappa shape index (κ3) is 4.24. The van der Waals surface area contributed by atoms with Crippen LogP contribution in [0.25, 0.3) is 0 Å². The van der Waals surface area contributed by atoms with Crippen LogP contribution in [0, 0.1) is 11.2 Å². The lowest BCUT2D eigenvalue weighted by Gasteiger charge is -2.39. The monoisotopic (exact) mass is 410 g/mol. The molecule has 2 fully saturated rings. The summed E-state index contributed by atoms with van der Waals surface area (Å²) in [6, 6.07) is 15.1. The number of carbonyl (C=O) groups excluding carboxylic acids is 2. The molecule has 2 aliphatic heterocycles. The lowest BCUT2D eigenvalue weighted by atomic mass is 9.76. The Hall–Kier alpha value is -2.73. The van der Waals surface area contributed by atoms with Crippen LogP contribution in [0.5, 0.6) is 0 Å². The summed E-state index contributed by atoms with van der Waals surface area (Å²) in [6.45, 7) is 1.81. The molecule has 0 saturated carbocycles. The van der Waals surface area contributed by atoms with Gasteiger partial charge in [-0.05, 0) is 54.5 Å². The number of carbonyl (C=O) groups is 2. The molecule has 2 aromatic carbocycles. The fourth-order valence-electron chi connectivity index (χ4n) is 4.84. The molecule has 0 aromatic heterocycles. The normalized spacial score (nSPS) is 20.5. The Balaban J connectivity index is 1.39. The minimum Gasteiger partial charge on any atom is -0.394 e. The van der Waals surface area contributed by atoms with Crippen molar-refractivity contribution >= 4 is 11.8 Å². The largest absolute Gasteiger partial charge is 0.394 e. The first-order chi connectivity index (χ1) is 14.5. The molecule has 4 rings (SSSR count). The highest BCUT2D eigenvalue weighted by Crippen LogP contribution is 2.43. The maximum atomic E-state index is 13.4. The third-order valence-corrected chi connectivity index (χ3v) is 6.53. The average molecular weight is 410 g/mol. The number of piperidine rings is 1. The molecule has 158 valence electrons. The van der Waals surface area contributed by atoms with E-state index in [0.717, 1.165) is 19.3 Å². The van der Waals surface area contributed by atoms with Gasteiger partial charge in [-0.25, -0.2) is 4.39 Å². The maximum Gasteiger partial charge on any atom is 0.254 e. The summed E-state index contributed by atoms with van der Waals surface area (Å²) in [5.74, 6) is -0.373. The van der Waals surface area contributed by atoms with E-state index in [1.54, 1.807) is 29.2 Å². The quantitative estimate of drug-likeness (QED) is 0.843. The van der Waals surface area contributed by atoms with Gasteiger partial charge in [0.15, 0.2) is 0 Å². The highest BCUT2D eigenvalue weighted by atomic mass is 19.1. The molecule has 0 aliphatic carbocycles. The number of rotatable bonds is 4. The van der Waals surface area contributed by atoms with Crippen LogP contribution in [0.3, 0.4) is 0 Å². The van der Waals surface area contributed by atoms with Crippen LogP contribution in [0.2, 0.25) is 0 Å². The van der Waals surface area contributed by atoms with E-state index in [-0.39, 0.29) is 42.1 Å². The summed E-state index contributed by atoms with van der Waals surface area (Å²) in [4.78, 5) is 29.3. The van der Waals surface area contributed by atoms with E-state index in [4.69, 9.17) is 0 Å². The Kier molecular flexibility index (Phi) is 5.86. The van der Waals surface area contributed by atoms with Crippen molar-refractivity contribution in [2.24, 2.45) is 5.41 Å². The molecule has 2 amide bonds. The summed E-state index contributed by atoms with van der Waals surface area (Å²) in [5, 5.41) is 9.88. The van der Waals surface area contributed by atoms with Crippen molar-refractivity contribution in [3.8, 4) is 0 Å². The number of amides is 2. The molecular formula is C24H27FN2O3. The van der Waals surface area contributed by atoms with Crippen LogP contribution >= 0.6 is 0 Å². The van der Waals surface area contributed by atoms with E-state index < -0.39 is 0 Å². The predicted octanol–water partition coefficient (Wildman–Crippen LogP) is 2.88. The van der Waals surface area contributed by atoms with E-state index in [0.29, 0.717) is 30.8 Å². The van der Waals surface area contributed by atoms with E-state index in [2.05, 4.69) is 0 Å². The van der Waals surface area contributed by atoms with E-state index >= 15 is 0 Å². The first-order valence-electron chi connectivity index (χ1n) is 10.5. The van der Waals surface area contributed by atoms with Crippen molar-refractivity contribution in [1.29, 1.82) is 0 Å². The van der Waals surface area contributed by atoms with Gasteiger partial charge >= 0.3 is 0 Å². The van der Waals surface area contributed by atoms with Gasteiger partial charge < -0.3 is 14.9 Å². The Labute approximate surface area is 176 Å². The summed E-state index contributed by atoms with van der Waals surface area (Å²) >= 11 is 0. The zero-order chi connectivity index (χ0) is 21.1. The summed E-state index contributed by atoms with van der Waals surface area (Å²) in [7, 11) is 0. The van der Waals surface area contributed by atoms with Crippen LogP contribution in [-0.2, 0) is 11.2 Å². The summed E-state index contributed by atoms with van der Waals surface area (Å²) in [6.07, 6.45) is 2.56. The summed E-state index contributed by atoms with van der Waals surface area (Å²) in [5.41, 5.74) is 1.25. The topological polar surface area (TPSA) is 60.9 Å². The second-order valence-electron chi connectivity index (χ2n) is 8.53. The van der Waals surface area contributed by atoms with Gasteiger partial charge in [-0.1, -0.05) is 30.3 Å². The zero-order valence-corrected chi connectivity index (χ0v) is 17.0. The number of aliphatic hydroxyl groups excluding tert-OH is 1. The number of halogens is 1. The Morgan fingerprint density at radius 3 is 2.47 bits per heavy atom. The van der Waals surface area contributed by atoms with Crippen molar-refractivity contribution in [2.75, 3.05) is 26.2 Å². The molecule has 0 unspecified atom stereocenters. The van der Waals surface area contributed by atoms with Crippen LogP contribution in [0.1, 0.15) is 35.2 Å². The molecule has 0 radical (unpaired) electrons. The molecule has 30 heavy (non-hydrogen) atoms. The smallest absolute Gasteiger partial charge is 0.254 e. The van der Waals surface area contributed by atoms with Crippen molar-refractivity contribution in [1.82, 2.24) is 9.80 Å². The molecule has 2 saturated heterocycles. The highest BCUT2D eigenvalue weighted by Gasteiger charge is 2.47. The molecule has 0 bridgehead atoms. The Morgan fingerprint density at radius 1 is 1.07 bits per heavy atom. The lowest BCUT2D eigenvalue weighted by Crippen LogP contribution is -2.45. The van der Waals surface area contributed by atoms with Gasteiger partial charge in [0.2, 0.25) is 5.91 Å². The molecular weight excluding hydrogens is 383 g/mol. The molecule has 1 atom stereocenters. The maximum absolute atomic E-state index is 13.4. The molecule has 5 nitrogen and oxygen atoms in total. The fraction of sp³-hybridized carbons (Fsp3) is 0.417. The van der Waals surface area contributed by atoms with Gasteiger partial charge in [0.25, 0.3) is 5.91 Å². The Bertz CT molecular complexity index is 910. The van der Waals surface area contributed by atoms with E-state index in [1.165, 1.54) is 12.1 Å². The predicted molar refractivity (Wildman–Crippen MR) is 111 cm³/mol. The van der Waals surface area contributed by atoms with Crippen molar-refractivity contribution in [2.45, 2.75) is 31.7 Å². The van der Waals surface area contributed by atoms with Gasteiger partial charge in [0.1, 0.15) is 5.82 Å². The standard InChI is InChI=1S/C24H27FN2O3/c25-20-8-4-5-18(13-20)14-22(29)26-11-9-24(10-12-26)15-21(16-28)27(17-24)23(30)19-6-2-1-3-7-19/h1-8,13,21,28H,9-12,14-17H2/t21-/m1/s1. The van der Waals surface area contributed by atoms with Gasteiger partial charge in [0, 0.05) is 25.2 Å². The van der Waals surface area contributed by atoms with Gasteiger partial charge in [-0.2, -0.15) is 0 Å². The number of benzene rings is 2. The molecule has 1 spiro atoms. The molecule has 1 N–H and O–H groups in total. The van der Waals surface area contributed by atoms with E-state index in [9.17, 15) is 19.1 Å².